The van der Waals surface area contributed by atoms with Crippen molar-refractivity contribution in [2.24, 2.45) is 0 Å². The Kier molecular flexibility index (Phi) is 2.77. The Labute approximate surface area is 103 Å². The van der Waals surface area contributed by atoms with Gasteiger partial charge in [0, 0.05) is 16.0 Å². The molecule has 2 aromatic rings. The second-order valence-electron chi connectivity index (χ2n) is 3.53. The summed E-state index contributed by atoms with van der Waals surface area (Å²) in [6.07, 6.45) is 0. The van der Waals surface area contributed by atoms with Crippen molar-refractivity contribution in [3.8, 4) is 34.1 Å². The molecule has 0 aliphatic heterocycles. The van der Waals surface area contributed by atoms with E-state index in [2.05, 4.69) is 12.6 Å². The standard InChI is InChI=1S/C12H10O4S/c13-6-1-4-10(17)8(5-6)7-2-3-9(14)12(16)11(7)15/h1-5,13-17H. The Morgan fingerprint density at radius 1 is 0.765 bits per heavy atom. The normalized spacial score (nSPS) is 10.4. The summed E-state index contributed by atoms with van der Waals surface area (Å²) in [5.74, 6) is -1.44. The van der Waals surface area contributed by atoms with Crippen LogP contribution in [0.1, 0.15) is 0 Å². The first-order valence-corrected chi connectivity index (χ1v) is 5.21. The van der Waals surface area contributed by atoms with Crippen LogP contribution in [-0.4, -0.2) is 20.4 Å². The van der Waals surface area contributed by atoms with Gasteiger partial charge in [0.2, 0.25) is 5.75 Å². The monoisotopic (exact) mass is 250 g/mol. The average molecular weight is 250 g/mol. The molecule has 2 rings (SSSR count). The maximum Gasteiger partial charge on any atom is 0.200 e. The zero-order valence-electron chi connectivity index (χ0n) is 8.62. The Morgan fingerprint density at radius 2 is 1.47 bits per heavy atom. The van der Waals surface area contributed by atoms with Gasteiger partial charge in [-0.3, -0.25) is 0 Å². The zero-order valence-corrected chi connectivity index (χ0v) is 9.52. The van der Waals surface area contributed by atoms with Gasteiger partial charge >= 0.3 is 0 Å². The Morgan fingerprint density at radius 3 is 2.18 bits per heavy atom. The average Bonchev–Trinajstić information content (AvgIpc) is 2.30. The maximum atomic E-state index is 9.72. The molecule has 2 aromatic carbocycles. The van der Waals surface area contributed by atoms with Crippen molar-refractivity contribution in [3.63, 3.8) is 0 Å². The minimum atomic E-state index is -0.599. The predicted molar refractivity (Wildman–Crippen MR) is 65.8 cm³/mol. The fourth-order valence-corrected chi connectivity index (χ4v) is 1.79. The summed E-state index contributed by atoms with van der Waals surface area (Å²) in [7, 11) is 0. The number of thiol groups is 1. The number of benzene rings is 2. The Balaban J connectivity index is 2.69. The summed E-state index contributed by atoms with van der Waals surface area (Å²) in [6.45, 7) is 0. The van der Waals surface area contributed by atoms with Crippen LogP contribution in [0.5, 0.6) is 23.0 Å². The van der Waals surface area contributed by atoms with E-state index in [-0.39, 0.29) is 11.3 Å². The molecule has 0 unspecified atom stereocenters. The summed E-state index contributed by atoms with van der Waals surface area (Å²) in [4.78, 5) is 0.531. The second-order valence-corrected chi connectivity index (χ2v) is 4.01. The van der Waals surface area contributed by atoms with Gasteiger partial charge in [0.1, 0.15) is 5.75 Å². The van der Waals surface area contributed by atoms with E-state index in [1.165, 1.54) is 24.3 Å². The SMILES string of the molecule is Oc1ccc(S)c(-c2ccc(O)c(O)c2O)c1. The lowest BCUT2D eigenvalue weighted by atomic mass is 10.0. The number of rotatable bonds is 1. The van der Waals surface area contributed by atoms with Crippen molar-refractivity contribution in [1.29, 1.82) is 0 Å². The highest BCUT2D eigenvalue weighted by atomic mass is 32.1. The fraction of sp³-hybridized carbons (Fsp3) is 0. The number of phenolic OH excluding ortho intramolecular Hbond substituents is 4. The molecule has 0 aliphatic carbocycles. The quantitative estimate of drug-likeness (QED) is 0.398. The first-order valence-electron chi connectivity index (χ1n) is 4.77. The molecule has 0 aromatic heterocycles. The van der Waals surface area contributed by atoms with E-state index in [0.717, 1.165) is 0 Å². The van der Waals surface area contributed by atoms with Crippen LogP contribution >= 0.6 is 12.6 Å². The lowest BCUT2D eigenvalue weighted by Gasteiger charge is -2.10. The topological polar surface area (TPSA) is 80.9 Å². The van der Waals surface area contributed by atoms with E-state index < -0.39 is 17.2 Å². The van der Waals surface area contributed by atoms with Crippen LogP contribution in [0.3, 0.4) is 0 Å². The third-order valence-electron chi connectivity index (χ3n) is 2.40. The Bertz CT molecular complexity index is 581. The molecule has 17 heavy (non-hydrogen) atoms. The van der Waals surface area contributed by atoms with Crippen molar-refractivity contribution < 1.29 is 20.4 Å². The molecule has 0 saturated carbocycles. The lowest BCUT2D eigenvalue weighted by Crippen LogP contribution is -1.83. The van der Waals surface area contributed by atoms with Gasteiger partial charge in [-0.15, -0.1) is 12.6 Å². The van der Waals surface area contributed by atoms with Crippen LogP contribution < -0.4 is 0 Å². The van der Waals surface area contributed by atoms with Gasteiger partial charge in [0.25, 0.3) is 0 Å². The molecule has 0 bridgehead atoms. The molecule has 0 amide bonds. The Hall–Kier alpha value is -2.01. The minimum Gasteiger partial charge on any atom is -0.508 e. The summed E-state index contributed by atoms with van der Waals surface area (Å²) in [5, 5.41) is 37.7. The zero-order chi connectivity index (χ0) is 12.6. The number of aromatic hydroxyl groups is 4. The third kappa shape index (κ3) is 1.97. The van der Waals surface area contributed by atoms with E-state index in [0.29, 0.717) is 10.5 Å². The first kappa shape index (κ1) is 11.5. The molecule has 5 heteroatoms. The van der Waals surface area contributed by atoms with E-state index >= 15 is 0 Å². The van der Waals surface area contributed by atoms with E-state index in [4.69, 9.17) is 0 Å². The van der Waals surface area contributed by atoms with Gasteiger partial charge in [-0.1, -0.05) is 0 Å². The summed E-state index contributed by atoms with van der Waals surface area (Å²) in [6, 6.07) is 7.12. The van der Waals surface area contributed by atoms with Gasteiger partial charge in [-0.05, 0) is 30.3 Å². The van der Waals surface area contributed by atoms with E-state index in [1.807, 2.05) is 0 Å². The number of hydrogen-bond acceptors (Lipinski definition) is 5. The molecule has 0 atom stereocenters. The first-order chi connectivity index (χ1) is 8.00. The van der Waals surface area contributed by atoms with E-state index in [9.17, 15) is 20.4 Å². The van der Waals surface area contributed by atoms with Crippen molar-refractivity contribution >= 4 is 12.6 Å². The van der Waals surface area contributed by atoms with Crippen molar-refractivity contribution in [2.45, 2.75) is 4.90 Å². The number of hydrogen-bond donors (Lipinski definition) is 5. The van der Waals surface area contributed by atoms with Crippen LogP contribution in [0.25, 0.3) is 11.1 Å². The van der Waals surface area contributed by atoms with Crippen molar-refractivity contribution in [2.75, 3.05) is 0 Å². The molecule has 0 radical (unpaired) electrons. The molecule has 0 spiro atoms. The van der Waals surface area contributed by atoms with Gasteiger partial charge in [-0.2, -0.15) is 0 Å². The third-order valence-corrected chi connectivity index (χ3v) is 2.79. The smallest absolute Gasteiger partial charge is 0.200 e. The number of phenols is 4. The summed E-state index contributed by atoms with van der Waals surface area (Å²) >= 11 is 4.20. The fourth-order valence-electron chi connectivity index (χ4n) is 1.53. The van der Waals surface area contributed by atoms with Crippen LogP contribution in [0.4, 0.5) is 0 Å². The van der Waals surface area contributed by atoms with Crippen LogP contribution in [-0.2, 0) is 0 Å². The van der Waals surface area contributed by atoms with Crippen molar-refractivity contribution in [3.05, 3.63) is 30.3 Å². The molecule has 4 nitrogen and oxygen atoms in total. The molecule has 0 fully saturated rings. The van der Waals surface area contributed by atoms with Crippen LogP contribution in [0, 0.1) is 0 Å². The van der Waals surface area contributed by atoms with E-state index in [1.54, 1.807) is 6.07 Å². The largest absolute Gasteiger partial charge is 0.508 e. The molecule has 0 heterocycles. The highest BCUT2D eigenvalue weighted by molar-refractivity contribution is 7.80. The van der Waals surface area contributed by atoms with Gasteiger partial charge < -0.3 is 20.4 Å². The molecule has 88 valence electrons. The second kappa shape index (κ2) is 4.10. The van der Waals surface area contributed by atoms with Gasteiger partial charge in [0.15, 0.2) is 11.5 Å². The molecule has 4 N–H and O–H groups in total. The summed E-state index contributed by atoms with van der Waals surface area (Å²) in [5.41, 5.74) is 0.738. The van der Waals surface area contributed by atoms with Gasteiger partial charge in [-0.25, -0.2) is 0 Å². The predicted octanol–water partition coefficient (Wildman–Crippen LogP) is 2.46. The maximum absolute atomic E-state index is 9.72. The van der Waals surface area contributed by atoms with Crippen LogP contribution in [0.15, 0.2) is 35.2 Å². The van der Waals surface area contributed by atoms with Gasteiger partial charge in [0.05, 0.1) is 0 Å². The lowest BCUT2D eigenvalue weighted by molar-refractivity contribution is 0.369. The molecule has 0 aliphatic rings. The van der Waals surface area contributed by atoms with Crippen LogP contribution in [0.2, 0.25) is 0 Å². The minimum absolute atomic E-state index is 0.0183. The molecular formula is C12H10O4S. The molecular weight excluding hydrogens is 240 g/mol. The van der Waals surface area contributed by atoms with Crippen molar-refractivity contribution in [1.82, 2.24) is 0 Å². The highest BCUT2D eigenvalue weighted by Crippen LogP contribution is 2.44. The summed E-state index contributed by atoms with van der Waals surface area (Å²) < 4.78 is 0. The molecule has 0 saturated heterocycles. The highest BCUT2D eigenvalue weighted by Gasteiger charge is 2.14.